The molecule has 0 saturated heterocycles. The van der Waals surface area contributed by atoms with Gasteiger partial charge in [0.15, 0.2) is 0 Å². The van der Waals surface area contributed by atoms with Crippen molar-refractivity contribution >= 4 is 17.5 Å². The fourth-order valence-corrected chi connectivity index (χ4v) is 1.59. The summed E-state index contributed by atoms with van der Waals surface area (Å²) in [7, 11) is 5.13. The number of rotatable bonds is 5. The lowest BCUT2D eigenvalue weighted by molar-refractivity contribution is 0.0793. The Labute approximate surface area is 107 Å². The average molecular weight is 257 g/mol. The monoisotopic (exact) mass is 256 g/mol. The Morgan fingerprint density at radius 2 is 2.24 bits per heavy atom. The molecule has 0 heterocycles. The van der Waals surface area contributed by atoms with Crippen LogP contribution >= 0.6 is 11.6 Å². The maximum atomic E-state index is 12.1. The molecule has 0 fully saturated rings. The summed E-state index contributed by atoms with van der Waals surface area (Å²) in [5.74, 6) is 0.424. The number of benzene rings is 1. The van der Waals surface area contributed by atoms with Crippen LogP contribution in [0, 0.1) is 0 Å². The van der Waals surface area contributed by atoms with Crippen LogP contribution in [0.2, 0.25) is 5.02 Å². The van der Waals surface area contributed by atoms with Gasteiger partial charge >= 0.3 is 0 Å². The summed E-state index contributed by atoms with van der Waals surface area (Å²) < 4.78 is 5.15. The van der Waals surface area contributed by atoms with Gasteiger partial charge in [0.2, 0.25) is 0 Å². The zero-order valence-electron chi connectivity index (χ0n) is 10.3. The zero-order valence-corrected chi connectivity index (χ0v) is 11.0. The van der Waals surface area contributed by atoms with Crippen molar-refractivity contribution in [3.05, 3.63) is 28.8 Å². The van der Waals surface area contributed by atoms with Crippen molar-refractivity contribution in [3.8, 4) is 5.75 Å². The highest BCUT2D eigenvalue weighted by atomic mass is 35.5. The topological polar surface area (TPSA) is 41.6 Å². The van der Waals surface area contributed by atoms with E-state index in [2.05, 4.69) is 5.32 Å². The fraction of sp³-hybridized carbons (Fsp3) is 0.417. The standard InChI is InChI=1S/C12H17ClN2O2/c1-14-6-7-15(2)12(16)10-5-4-9(13)8-11(10)17-3/h4-5,8,14H,6-7H2,1-3H3. The van der Waals surface area contributed by atoms with Gasteiger partial charge in [0.25, 0.3) is 5.91 Å². The van der Waals surface area contributed by atoms with Gasteiger partial charge in [-0.25, -0.2) is 0 Å². The number of nitrogens with one attached hydrogen (secondary N) is 1. The van der Waals surface area contributed by atoms with Crippen molar-refractivity contribution in [2.45, 2.75) is 0 Å². The molecule has 94 valence electrons. The SMILES string of the molecule is CNCCN(C)C(=O)c1ccc(Cl)cc1OC. The minimum Gasteiger partial charge on any atom is -0.496 e. The summed E-state index contributed by atoms with van der Waals surface area (Å²) in [5.41, 5.74) is 0.524. The van der Waals surface area contributed by atoms with E-state index in [1.807, 2.05) is 7.05 Å². The van der Waals surface area contributed by atoms with Crippen LogP contribution in [-0.2, 0) is 0 Å². The smallest absolute Gasteiger partial charge is 0.257 e. The Balaban J connectivity index is 2.87. The summed E-state index contributed by atoms with van der Waals surface area (Å²) in [6, 6.07) is 5.00. The molecule has 1 rings (SSSR count). The Kier molecular flexibility index (Phi) is 5.25. The number of carbonyl (C=O) groups excluding carboxylic acids is 1. The van der Waals surface area contributed by atoms with Crippen molar-refractivity contribution in [2.75, 3.05) is 34.3 Å². The summed E-state index contributed by atoms with van der Waals surface area (Å²) in [4.78, 5) is 13.8. The van der Waals surface area contributed by atoms with Gasteiger partial charge in [-0.1, -0.05) is 11.6 Å². The van der Waals surface area contributed by atoms with E-state index in [9.17, 15) is 4.79 Å². The van der Waals surface area contributed by atoms with Crippen LogP contribution in [0.3, 0.4) is 0 Å². The molecule has 0 bridgehead atoms. The predicted molar refractivity (Wildman–Crippen MR) is 68.9 cm³/mol. The van der Waals surface area contributed by atoms with Crippen LogP contribution in [0.5, 0.6) is 5.75 Å². The molecule has 0 spiro atoms. The first-order valence-corrected chi connectivity index (χ1v) is 5.71. The zero-order chi connectivity index (χ0) is 12.8. The highest BCUT2D eigenvalue weighted by molar-refractivity contribution is 6.30. The minimum absolute atomic E-state index is 0.0752. The van der Waals surface area contributed by atoms with Gasteiger partial charge in [0.1, 0.15) is 5.75 Å². The van der Waals surface area contributed by atoms with Crippen molar-refractivity contribution in [3.63, 3.8) is 0 Å². The normalized spacial score (nSPS) is 10.1. The maximum absolute atomic E-state index is 12.1. The third kappa shape index (κ3) is 3.61. The molecule has 0 atom stereocenters. The molecule has 1 aromatic rings. The van der Waals surface area contributed by atoms with E-state index in [0.29, 0.717) is 22.9 Å². The highest BCUT2D eigenvalue weighted by Gasteiger charge is 2.16. The van der Waals surface area contributed by atoms with E-state index >= 15 is 0 Å². The second kappa shape index (κ2) is 6.47. The first-order valence-electron chi connectivity index (χ1n) is 5.33. The molecule has 0 aliphatic heterocycles. The van der Waals surface area contributed by atoms with Crippen molar-refractivity contribution < 1.29 is 9.53 Å². The van der Waals surface area contributed by atoms with E-state index in [1.54, 1.807) is 30.1 Å². The van der Waals surface area contributed by atoms with Gasteiger partial charge < -0.3 is 15.0 Å². The van der Waals surface area contributed by atoms with Gasteiger partial charge in [-0.15, -0.1) is 0 Å². The lowest BCUT2D eigenvalue weighted by Crippen LogP contribution is -2.32. The van der Waals surface area contributed by atoms with Crippen molar-refractivity contribution in [2.24, 2.45) is 0 Å². The van der Waals surface area contributed by atoms with Crippen LogP contribution in [0.25, 0.3) is 0 Å². The molecule has 5 heteroatoms. The largest absolute Gasteiger partial charge is 0.496 e. The summed E-state index contributed by atoms with van der Waals surface area (Å²) >= 11 is 5.85. The molecule has 0 aromatic heterocycles. The van der Waals surface area contributed by atoms with Gasteiger partial charge in [0, 0.05) is 25.2 Å². The number of hydrogen-bond acceptors (Lipinski definition) is 3. The molecule has 0 aliphatic carbocycles. The highest BCUT2D eigenvalue weighted by Crippen LogP contribution is 2.23. The van der Waals surface area contributed by atoms with Crippen LogP contribution < -0.4 is 10.1 Å². The van der Waals surface area contributed by atoms with Gasteiger partial charge in [-0.2, -0.15) is 0 Å². The lowest BCUT2D eigenvalue weighted by atomic mass is 10.1. The molecule has 17 heavy (non-hydrogen) atoms. The van der Waals surface area contributed by atoms with Crippen LogP contribution in [0.4, 0.5) is 0 Å². The average Bonchev–Trinajstić information content (AvgIpc) is 2.34. The first kappa shape index (κ1) is 13.8. The number of amides is 1. The minimum atomic E-state index is -0.0752. The molecular formula is C12H17ClN2O2. The molecule has 0 radical (unpaired) electrons. The molecule has 0 saturated carbocycles. The second-order valence-electron chi connectivity index (χ2n) is 3.67. The van der Waals surface area contributed by atoms with Crippen LogP contribution in [0.15, 0.2) is 18.2 Å². The molecule has 4 nitrogen and oxygen atoms in total. The first-order chi connectivity index (χ1) is 8.10. The Morgan fingerprint density at radius 1 is 1.53 bits per heavy atom. The Morgan fingerprint density at radius 3 is 2.82 bits per heavy atom. The molecule has 0 unspecified atom stereocenters. The number of carbonyl (C=O) groups is 1. The number of methoxy groups -OCH3 is 1. The maximum Gasteiger partial charge on any atom is 0.257 e. The number of hydrogen-bond donors (Lipinski definition) is 1. The van der Waals surface area contributed by atoms with Gasteiger partial charge in [0.05, 0.1) is 12.7 Å². The predicted octanol–water partition coefficient (Wildman–Crippen LogP) is 1.64. The van der Waals surface area contributed by atoms with Crippen molar-refractivity contribution in [1.29, 1.82) is 0 Å². The molecule has 0 aliphatic rings. The van der Waals surface area contributed by atoms with E-state index in [1.165, 1.54) is 7.11 Å². The van der Waals surface area contributed by atoms with Gasteiger partial charge in [-0.3, -0.25) is 4.79 Å². The van der Waals surface area contributed by atoms with E-state index in [0.717, 1.165) is 6.54 Å². The second-order valence-corrected chi connectivity index (χ2v) is 4.11. The Bertz CT molecular complexity index is 396. The van der Waals surface area contributed by atoms with E-state index in [4.69, 9.17) is 16.3 Å². The number of nitrogens with zero attached hydrogens (tertiary/aromatic N) is 1. The summed E-state index contributed by atoms with van der Waals surface area (Å²) in [6.07, 6.45) is 0. The quantitative estimate of drug-likeness (QED) is 0.871. The summed E-state index contributed by atoms with van der Waals surface area (Å²) in [5, 5.41) is 3.55. The number of ether oxygens (including phenoxy) is 1. The van der Waals surface area contributed by atoms with Crippen LogP contribution in [0.1, 0.15) is 10.4 Å². The summed E-state index contributed by atoms with van der Waals surface area (Å²) in [6.45, 7) is 1.39. The third-order valence-corrected chi connectivity index (χ3v) is 2.67. The fourth-order valence-electron chi connectivity index (χ4n) is 1.43. The molecular weight excluding hydrogens is 240 g/mol. The molecule has 1 amide bonds. The number of halogens is 1. The molecule has 1 aromatic carbocycles. The van der Waals surface area contributed by atoms with Crippen LogP contribution in [-0.4, -0.2) is 45.1 Å². The third-order valence-electron chi connectivity index (χ3n) is 2.44. The van der Waals surface area contributed by atoms with E-state index in [-0.39, 0.29) is 5.91 Å². The lowest BCUT2D eigenvalue weighted by Gasteiger charge is -2.18. The molecule has 1 N–H and O–H groups in total. The van der Waals surface area contributed by atoms with Crippen molar-refractivity contribution in [1.82, 2.24) is 10.2 Å². The van der Waals surface area contributed by atoms with Gasteiger partial charge in [-0.05, 0) is 25.2 Å². The Hall–Kier alpha value is -1.26. The van der Waals surface area contributed by atoms with E-state index < -0.39 is 0 Å². The number of likely N-dealkylation sites (N-methyl/N-ethyl adjacent to an activating group) is 2.